The Balaban J connectivity index is 2.22. The van der Waals surface area contributed by atoms with Crippen molar-refractivity contribution in [2.24, 2.45) is 0 Å². The zero-order valence-electron chi connectivity index (χ0n) is 14.3. The van der Waals surface area contributed by atoms with Crippen LogP contribution >= 0.6 is 11.6 Å². The van der Waals surface area contributed by atoms with Gasteiger partial charge in [-0.3, -0.25) is 0 Å². The standard InChI is InChI=1S/C21H17ClN2O2/c1-2-12-23-18-11-8-15-13-16(22)9-10-17(15)24(18)21(26)19(20(23)25)14-6-4-3-5-7-14/h3-11,13H,2,12H2,1H3/p+1. The molecule has 26 heavy (non-hydrogen) atoms. The van der Waals surface area contributed by atoms with Gasteiger partial charge < -0.3 is 5.11 Å². The van der Waals surface area contributed by atoms with Gasteiger partial charge in [0.2, 0.25) is 0 Å². The molecule has 0 aliphatic heterocycles. The number of aromatic nitrogens is 2. The first-order valence-corrected chi connectivity index (χ1v) is 8.95. The molecule has 0 amide bonds. The molecule has 0 spiro atoms. The molecular weight excluding hydrogens is 348 g/mol. The zero-order chi connectivity index (χ0) is 18.3. The largest absolute Gasteiger partial charge is 0.477 e. The number of hydrogen-bond acceptors (Lipinski definition) is 2. The van der Waals surface area contributed by atoms with E-state index >= 15 is 0 Å². The van der Waals surface area contributed by atoms with Gasteiger partial charge in [-0.05, 0) is 36.2 Å². The highest BCUT2D eigenvalue weighted by Crippen LogP contribution is 2.25. The summed E-state index contributed by atoms with van der Waals surface area (Å²) < 4.78 is 3.45. The molecule has 0 atom stereocenters. The SMILES string of the molecule is CCC[n+]1c(O)c(-c2ccccc2)c(=O)n2c3ccc(Cl)cc3ccc21. The van der Waals surface area contributed by atoms with Crippen LogP contribution in [0.2, 0.25) is 5.02 Å². The summed E-state index contributed by atoms with van der Waals surface area (Å²) in [5.74, 6) is -0.00337. The van der Waals surface area contributed by atoms with Gasteiger partial charge in [0, 0.05) is 16.5 Å². The number of pyridine rings is 1. The number of hydrogen-bond donors (Lipinski definition) is 1. The van der Waals surface area contributed by atoms with Crippen molar-refractivity contribution in [3.05, 3.63) is 76.0 Å². The van der Waals surface area contributed by atoms with Crippen LogP contribution in [0.5, 0.6) is 5.88 Å². The third-order valence-corrected chi connectivity index (χ3v) is 4.79. The average molecular weight is 366 g/mol. The maximum atomic E-state index is 13.4. The molecule has 1 N–H and O–H groups in total. The smallest absolute Gasteiger partial charge is 0.354 e. The number of fused-ring (bicyclic) bond motifs is 3. The molecule has 0 saturated heterocycles. The van der Waals surface area contributed by atoms with E-state index in [9.17, 15) is 9.90 Å². The van der Waals surface area contributed by atoms with Crippen molar-refractivity contribution in [3.63, 3.8) is 0 Å². The Hall–Kier alpha value is -2.85. The highest BCUT2D eigenvalue weighted by molar-refractivity contribution is 6.31. The van der Waals surface area contributed by atoms with Crippen molar-refractivity contribution in [2.45, 2.75) is 19.9 Å². The van der Waals surface area contributed by atoms with E-state index in [0.29, 0.717) is 28.3 Å². The molecule has 0 radical (unpaired) electrons. The normalized spacial score (nSPS) is 11.3. The molecule has 130 valence electrons. The summed E-state index contributed by atoms with van der Waals surface area (Å²) in [6.07, 6.45) is 0.832. The van der Waals surface area contributed by atoms with Gasteiger partial charge in [0.25, 0.3) is 11.5 Å². The van der Waals surface area contributed by atoms with Gasteiger partial charge in [-0.1, -0.05) is 48.9 Å². The number of aromatic hydroxyl groups is 1. The van der Waals surface area contributed by atoms with E-state index in [0.717, 1.165) is 17.3 Å². The topological polar surface area (TPSA) is 45.6 Å². The van der Waals surface area contributed by atoms with Crippen molar-refractivity contribution in [1.29, 1.82) is 0 Å². The Kier molecular flexibility index (Phi) is 4.13. The van der Waals surface area contributed by atoms with Gasteiger partial charge in [-0.25, -0.2) is 4.79 Å². The Bertz CT molecular complexity index is 1180. The maximum absolute atomic E-state index is 13.4. The lowest BCUT2D eigenvalue weighted by atomic mass is 10.1. The summed E-state index contributed by atoms with van der Waals surface area (Å²) in [7, 11) is 0. The third kappa shape index (κ3) is 2.54. The van der Waals surface area contributed by atoms with Crippen LogP contribution in [-0.4, -0.2) is 9.51 Å². The van der Waals surface area contributed by atoms with E-state index in [4.69, 9.17) is 11.6 Å². The van der Waals surface area contributed by atoms with Crippen LogP contribution in [0.3, 0.4) is 0 Å². The average Bonchev–Trinajstić information content (AvgIpc) is 2.65. The Morgan fingerprint density at radius 1 is 1.08 bits per heavy atom. The van der Waals surface area contributed by atoms with Crippen molar-refractivity contribution in [1.82, 2.24) is 4.40 Å². The number of aryl methyl sites for hydroxylation is 1. The summed E-state index contributed by atoms with van der Waals surface area (Å²) in [6, 6.07) is 18.5. The van der Waals surface area contributed by atoms with Gasteiger partial charge >= 0.3 is 5.56 Å². The molecule has 5 heteroatoms. The fraction of sp³-hybridized carbons (Fsp3) is 0.143. The van der Waals surface area contributed by atoms with Crippen LogP contribution in [0.1, 0.15) is 13.3 Å². The van der Waals surface area contributed by atoms with Crippen LogP contribution in [0.15, 0.2) is 65.5 Å². The molecule has 4 nitrogen and oxygen atoms in total. The van der Waals surface area contributed by atoms with E-state index in [1.807, 2.05) is 61.5 Å². The third-order valence-electron chi connectivity index (χ3n) is 4.55. The highest BCUT2D eigenvalue weighted by atomic mass is 35.5. The minimum atomic E-state index is -0.246. The molecule has 0 aliphatic rings. The Labute approximate surface area is 155 Å². The van der Waals surface area contributed by atoms with Crippen LogP contribution in [0, 0.1) is 0 Å². The minimum Gasteiger partial charge on any atom is -0.477 e. The first-order chi connectivity index (χ1) is 12.6. The van der Waals surface area contributed by atoms with Crippen LogP contribution in [0.4, 0.5) is 0 Å². The first kappa shape index (κ1) is 16.6. The number of nitrogens with zero attached hydrogens (tertiary/aromatic N) is 2. The molecule has 2 aromatic carbocycles. The predicted octanol–water partition coefficient (Wildman–Crippen LogP) is 4.18. The molecule has 4 aromatic rings. The lowest BCUT2D eigenvalue weighted by Crippen LogP contribution is -2.41. The highest BCUT2D eigenvalue weighted by Gasteiger charge is 2.25. The van der Waals surface area contributed by atoms with Gasteiger partial charge in [-0.2, -0.15) is 8.97 Å². The number of halogens is 1. The number of benzene rings is 2. The van der Waals surface area contributed by atoms with Crippen LogP contribution in [0.25, 0.3) is 27.7 Å². The summed E-state index contributed by atoms with van der Waals surface area (Å²) in [4.78, 5) is 13.4. The van der Waals surface area contributed by atoms with Gasteiger partial charge in [-0.15, -0.1) is 0 Å². The Morgan fingerprint density at radius 2 is 1.85 bits per heavy atom. The predicted molar refractivity (Wildman–Crippen MR) is 104 cm³/mol. The zero-order valence-corrected chi connectivity index (χ0v) is 15.1. The van der Waals surface area contributed by atoms with Gasteiger partial charge in [0.1, 0.15) is 5.52 Å². The second-order valence-electron chi connectivity index (χ2n) is 6.25. The van der Waals surface area contributed by atoms with Crippen molar-refractivity contribution in [3.8, 4) is 17.0 Å². The summed E-state index contributed by atoms with van der Waals surface area (Å²) in [5, 5.41) is 12.4. The molecule has 2 aromatic heterocycles. The second kappa shape index (κ2) is 6.46. The molecule has 0 bridgehead atoms. The van der Waals surface area contributed by atoms with Crippen molar-refractivity contribution in [2.75, 3.05) is 0 Å². The van der Waals surface area contributed by atoms with E-state index in [2.05, 4.69) is 0 Å². The van der Waals surface area contributed by atoms with E-state index < -0.39 is 0 Å². The quantitative estimate of drug-likeness (QED) is 0.437. The fourth-order valence-corrected chi connectivity index (χ4v) is 3.58. The van der Waals surface area contributed by atoms with E-state index in [1.54, 1.807) is 15.0 Å². The van der Waals surface area contributed by atoms with Crippen molar-refractivity contribution >= 4 is 28.2 Å². The van der Waals surface area contributed by atoms with Gasteiger partial charge in [0.15, 0.2) is 5.56 Å². The van der Waals surface area contributed by atoms with Crippen LogP contribution < -0.4 is 10.1 Å². The van der Waals surface area contributed by atoms with Crippen LogP contribution in [-0.2, 0) is 6.54 Å². The van der Waals surface area contributed by atoms with E-state index in [-0.39, 0.29) is 11.4 Å². The second-order valence-corrected chi connectivity index (χ2v) is 6.69. The van der Waals surface area contributed by atoms with E-state index in [1.165, 1.54) is 0 Å². The molecule has 0 saturated carbocycles. The minimum absolute atomic E-state index is 0.00337. The molecule has 2 heterocycles. The summed E-state index contributed by atoms with van der Waals surface area (Å²) in [6.45, 7) is 2.64. The summed E-state index contributed by atoms with van der Waals surface area (Å²) >= 11 is 6.11. The lowest BCUT2D eigenvalue weighted by molar-refractivity contribution is -0.680. The molecule has 4 rings (SSSR count). The molecule has 0 unspecified atom stereocenters. The monoisotopic (exact) mass is 365 g/mol. The number of rotatable bonds is 3. The summed E-state index contributed by atoms with van der Waals surface area (Å²) in [5.41, 5.74) is 2.17. The molecule has 0 fully saturated rings. The first-order valence-electron chi connectivity index (χ1n) is 8.57. The van der Waals surface area contributed by atoms with Crippen molar-refractivity contribution < 1.29 is 9.67 Å². The lowest BCUT2D eigenvalue weighted by Gasteiger charge is -2.11. The fourth-order valence-electron chi connectivity index (χ4n) is 3.40. The maximum Gasteiger partial charge on any atom is 0.354 e. The molecule has 0 aliphatic carbocycles. The van der Waals surface area contributed by atoms with Gasteiger partial charge in [0.05, 0.1) is 6.54 Å². The molecular formula is C21H18ClN2O2+. The Morgan fingerprint density at radius 3 is 2.58 bits per heavy atom.